The minimum atomic E-state index is -0.142. The van der Waals surface area contributed by atoms with Gasteiger partial charge in [0, 0.05) is 12.1 Å². The summed E-state index contributed by atoms with van der Waals surface area (Å²) in [5.41, 5.74) is 2.07. The number of hydrogen-bond acceptors (Lipinski definition) is 1. The van der Waals surface area contributed by atoms with Crippen molar-refractivity contribution in [2.75, 3.05) is 0 Å². The molecule has 5 aliphatic rings. The Bertz CT molecular complexity index is 605. The highest BCUT2D eigenvalue weighted by molar-refractivity contribution is 5.54. The smallest absolute Gasteiger partial charge is 0.210 e. The first kappa shape index (κ1) is 13.1. The van der Waals surface area contributed by atoms with E-state index in [9.17, 15) is 9.18 Å². The van der Waals surface area contributed by atoms with Crippen molar-refractivity contribution < 1.29 is 9.18 Å². The van der Waals surface area contributed by atoms with Crippen LogP contribution in [-0.4, -0.2) is 11.3 Å². The first-order valence-corrected chi connectivity index (χ1v) is 8.67. The Morgan fingerprint density at radius 3 is 2.32 bits per heavy atom. The quantitative estimate of drug-likeness (QED) is 0.754. The number of rotatable bonds is 2. The van der Waals surface area contributed by atoms with E-state index in [0.29, 0.717) is 6.54 Å². The molecule has 4 saturated carbocycles. The molecule has 116 valence electrons. The lowest BCUT2D eigenvalue weighted by Gasteiger charge is -2.60. The van der Waals surface area contributed by atoms with E-state index in [0.717, 1.165) is 35.3 Å². The van der Waals surface area contributed by atoms with Gasteiger partial charge in [-0.05, 0) is 73.3 Å². The number of nitrogens with zero attached hydrogens (tertiary/aromatic N) is 1. The number of halogens is 1. The van der Waals surface area contributed by atoms with Crippen molar-refractivity contribution in [3.8, 4) is 0 Å². The van der Waals surface area contributed by atoms with Crippen molar-refractivity contribution in [2.24, 2.45) is 23.2 Å². The largest absolute Gasteiger partial charge is 0.333 e. The molecule has 0 N–H and O–H groups in total. The van der Waals surface area contributed by atoms with Crippen LogP contribution in [0, 0.1) is 29.0 Å². The summed E-state index contributed by atoms with van der Waals surface area (Å²) in [6, 6.07) is 5.52. The second-order valence-electron chi connectivity index (χ2n) is 8.27. The summed E-state index contributed by atoms with van der Waals surface area (Å²) in [5.74, 6) is 2.39. The van der Waals surface area contributed by atoms with Crippen LogP contribution < -0.4 is 0 Å². The molecule has 0 aromatic heterocycles. The molecule has 1 unspecified atom stereocenters. The number of amides is 1. The maximum Gasteiger partial charge on any atom is 0.210 e. The van der Waals surface area contributed by atoms with E-state index in [4.69, 9.17) is 0 Å². The van der Waals surface area contributed by atoms with Crippen LogP contribution in [0.15, 0.2) is 18.2 Å². The predicted octanol–water partition coefficient (Wildman–Crippen LogP) is 4.06. The maximum atomic E-state index is 14.2. The minimum Gasteiger partial charge on any atom is -0.333 e. The Morgan fingerprint density at radius 2 is 1.73 bits per heavy atom. The van der Waals surface area contributed by atoms with E-state index in [1.807, 2.05) is 11.0 Å². The standard InChI is InChI=1S/C19H22FNO/c20-17-3-1-2-15-16(17)10-21(11-22)18(15)19-7-12-4-13(8-19)6-14(5-12)9-19/h1-3,11-14,18H,4-10H2. The van der Waals surface area contributed by atoms with E-state index >= 15 is 0 Å². The van der Waals surface area contributed by atoms with Crippen LogP contribution in [0.3, 0.4) is 0 Å². The third kappa shape index (κ3) is 1.63. The van der Waals surface area contributed by atoms with Crippen LogP contribution in [0.2, 0.25) is 0 Å². The zero-order chi connectivity index (χ0) is 14.9. The molecule has 1 heterocycles. The summed E-state index contributed by atoms with van der Waals surface area (Å²) in [4.78, 5) is 13.6. The molecule has 0 radical (unpaired) electrons. The molecule has 22 heavy (non-hydrogen) atoms. The molecule has 4 fully saturated rings. The molecule has 6 rings (SSSR count). The molecular weight excluding hydrogens is 277 g/mol. The molecule has 1 amide bonds. The van der Waals surface area contributed by atoms with Gasteiger partial charge < -0.3 is 4.90 Å². The Labute approximate surface area is 130 Å². The molecule has 1 aromatic rings. The summed E-state index contributed by atoms with van der Waals surface area (Å²) < 4.78 is 14.2. The van der Waals surface area contributed by atoms with Crippen LogP contribution >= 0.6 is 0 Å². The van der Waals surface area contributed by atoms with Gasteiger partial charge in [-0.15, -0.1) is 0 Å². The Balaban J connectivity index is 1.62. The van der Waals surface area contributed by atoms with Crippen molar-refractivity contribution in [1.82, 2.24) is 4.90 Å². The van der Waals surface area contributed by atoms with Gasteiger partial charge in [-0.2, -0.15) is 0 Å². The van der Waals surface area contributed by atoms with Crippen molar-refractivity contribution in [1.29, 1.82) is 0 Å². The predicted molar refractivity (Wildman–Crippen MR) is 81.4 cm³/mol. The van der Waals surface area contributed by atoms with Crippen molar-refractivity contribution in [2.45, 2.75) is 51.1 Å². The van der Waals surface area contributed by atoms with Crippen LogP contribution in [-0.2, 0) is 11.3 Å². The van der Waals surface area contributed by atoms with Gasteiger partial charge in [-0.3, -0.25) is 4.79 Å². The molecule has 4 aliphatic carbocycles. The third-order valence-corrected chi connectivity index (χ3v) is 6.92. The average Bonchev–Trinajstić information content (AvgIpc) is 2.86. The zero-order valence-electron chi connectivity index (χ0n) is 12.8. The van der Waals surface area contributed by atoms with Gasteiger partial charge in [0.05, 0.1) is 6.04 Å². The second kappa shape index (κ2) is 4.33. The van der Waals surface area contributed by atoms with Gasteiger partial charge in [-0.1, -0.05) is 12.1 Å². The average molecular weight is 299 g/mol. The minimum absolute atomic E-state index is 0.115. The lowest BCUT2D eigenvalue weighted by atomic mass is 9.47. The second-order valence-corrected chi connectivity index (χ2v) is 8.27. The van der Waals surface area contributed by atoms with E-state index < -0.39 is 0 Å². The van der Waals surface area contributed by atoms with E-state index in [2.05, 4.69) is 6.07 Å². The number of carbonyl (C=O) groups is 1. The van der Waals surface area contributed by atoms with Crippen molar-refractivity contribution in [3.63, 3.8) is 0 Å². The van der Waals surface area contributed by atoms with Gasteiger partial charge in [0.25, 0.3) is 0 Å². The lowest BCUT2D eigenvalue weighted by molar-refractivity contribution is -0.133. The fourth-order valence-corrected chi connectivity index (χ4v) is 6.74. The van der Waals surface area contributed by atoms with Crippen LogP contribution in [0.5, 0.6) is 0 Å². The van der Waals surface area contributed by atoms with Gasteiger partial charge in [0.2, 0.25) is 6.41 Å². The fourth-order valence-electron chi connectivity index (χ4n) is 6.74. The summed E-state index contributed by atoms with van der Waals surface area (Å²) in [6.07, 6.45) is 8.86. The molecule has 4 bridgehead atoms. The number of benzene rings is 1. The lowest BCUT2D eigenvalue weighted by Crippen LogP contribution is -2.51. The first-order valence-electron chi connectivity index (χ1n) is 8.67. The SMILES string of the molecule is O=CN1Cc2c(F)cccc2C1C12CC3CC(CC(C3)C1)C2. The van der Waals surface area contributed by atoms with E-state index in [-0.39, 0.29) is 17.3 Å². The monoisotopic (exact) mass is 299 g/mol. The molecule has 1 aromatic carbocycles. The normalized spacial score (nSPS) is 41.8. The van der Waals surface area contributed by atoms with Gasteiger partial charge in [0.1, 0.15) is 5.82 Å². The molecule has 0 saturated heterocycles. The number of carbonyl (C=O) groups excluding carboxylic acids is 1. The summed E-state index contributed by atoms with van der Waals surface area (Å²) in [5, 5.41) is 0. The van der Waals surface area contributed by atoms with E-state index in [1.54, 1.807) is 0 Å². The van der Waals surface area contributed by atoms with Crippen molar-refractivity contribution in [3.05, 3.63) is 35.1 Å². The van der Waals surface area contributed by atoms with Gasteiger partial charge in [0.15, 0.2) is 0 Å². The van der Waals surface area contributed by atoms with E-state index in [1.165, 1.54) is 44.6 Å². The summed E-state index contributed by atoms with van der Waals surface area (Å²) in [7, 11) is 0. The molecule has 3 heteroatoms. The van der Waals surface area contributed by atoms with Crippen LogP contribution in [0.1, 0.15) is 55.7 Å². The highest BCUT2D eigenvalue weighted by atomic mass is 19.1. The highest BCUT2D eigenvalue weighted by Crippen LogP contribution is 2.66. The van der Waals surface area contributed by atoms with Crippen molar-refractivity contribution >= 4 is 6.41 Å². The van der Waals surface area contributed by atoms with Crippen LogP contribution in [0.4, 0.5) is 4.39 Å². The molecule has 2 nitrogen and oxygen atoms in total. The molecule has 1 atom stereocenters. The molecule has 0 spiro atoms. The molecule has 1 aliphatic heterocycles. The fraction of sp³-hybridized carbons (Fsp3) is 0.632. The Morgan fingerprint density at radius 1 is 1.09 bits per heavy atom. The number of fused-ring (bicyclic) bond motifs is 1. The highest BCUT2D eigenvalue weighted by Gasteiger charge is 2.57. The zero-order valence-corrected chi connectivity index (χ0v) is 12.8. The Kier molecular flexibility index (Phi) is 2.58. The summed E-state index contributed by atoms with van der Waals surface area (Å²) >= 11 is 0. The van der Waals surface area contributed by atoms with Crippen LogP contribution in [0.25, 0.3) is 0 Å². The maximum absolute atomic E-state index is 14.2. The molecular formula is C19H22FNO. The van der Waals surface area contributed by atoms with Gasteiger partial charge >= 0.3 is 0 Å². The Hall–Kier alpha value is -1.38. The number of hydrogen-bond donors (Lipinski definition) is 0. The summed E-state index contributed by atoms with van der Waals surface area (Å²) in [6.45, 7) is 0.456. The van der Waals surface area contributed by atoms with Gasteiger partial charge in [-0.25, -0.2) is 4.39 Å². The first-order chi connectivity index (χ1) is 10.7. The topological polar surface area (TPSA) is 20.3 Å². The third-order valence-electron chi connectivity index (χ3n) is 6.92.